The molecule has 0 N–H and O–H groups in total. The summed E-state index contributed by atoms with van der Waals surface area (Å²) in [6.07, 6.45) is 1.13. The molecular formula is C9H8N2O2S2. The highest BCUT2D eigenvalue weighted by molar-refractivity contribution is 7.92. The van der Waals surface area contributed by atoms with Crippen molar-refractivity contribution >= 4 is 21.2 Å². The van der Waals surface area contributed by atoms with E-state index in [9.17, 15) is 8.42 Å². The molecule has 15 heavy (non-hydrogen) atoms. The number of benzene rings is 1. The summed E-state index contributed by atoms with van der Waals surface area (Å²) in [5, 5.41) is 8.11. The van der Waals surface area contributed by atoms with Crippen LogP contribution in [0, 0.1) is 0 Å². The van der Waals surface area contributed by atoms with Gasteiger partial charge in [-0.05, 0) is 0 Å². The molecule has 0 saturated heterocycles. The van der Waals surface area contributed by atoms with E-state index in [-0.39, 0.29) is 4.34 Å². The molecule has 0 radical (unpaired) electrons. The summed E-state index contributed by atoms with van der Waals surface area (Å²) in [4.78, 5) is 0. The van der Waals surface area contributed by atoms with Gasteiger partial charge in [0, 0.05) is 11.8 Å². The van der Waals surface area contributed by atoms with E-state index in [1.54, 1.807) is 0 Å². The molecule has 0 spiro atoms. The Morgan fingerprint density at radius 3 is 2.33 bits per heavy atom. The number of rotatable bonds is 2. The number of nitrogens with zero attached hydrogens (tertiary/aromatic N) is 2. The first-order chi connectivity index (χ1) is 7.07. The van der Waals surface area contributed by atoms with Crippen LogP contribution < -0.4 is 0 Å². The van der Waals surface area contributed by atoms with Gasteiger partial charge in [-0.1, -0.05) is 41.7 Å². The van der Waals surface area contributed by atoms with Crippen LogP contribution in [0.2, 0.25) is 0 Å². The van der Waals surface area contributed by atoms with Crippen LogP contribution in [0.25, 0.3) is 10.6 Å². The average molecular weight is 240 g/mol. The molecule has 0 atom stereocenters. The number of hydrogen-bond donors (Lipinski definition) is 0. The quantitative estimate of drug-likeness (QED) is 0.800. The molecule has 0 fully saturated rings. The lowest BCUT2D eigenvalue weighted by Crippen LogP contribution is -1.95. The number of sulfone groups is 1. The second kappa shape index (κ2) is 3.71. The van der Waals surface area contributed by atoms with Gasteiger partial charge in [0.05, 0.1) is 0 Å². The highest BCUT2D eigenvalue weighted by atomic mass is 32.2. The molecule has 0 aliphatic rings. The third kappa shape index (κ3) is 2.21. The Kier molecular flexibility index (Phi) is 2.54. The summed E-state index contributed by atoms with van der Waals surface area (Å²) in [5.41, 5.74) is 0.880. The second-order valence-electron chi connectivity index (χ2n) is 3.01. The topological polar surface area (TPSA) is 59.9 Å². The van der Waals surface area contributed by atoms with Gasteiger partial charge in [0.15, 0.2) is 0 Å². The van der Waals surface area contributed by atoms with E-state index in [0.29, 0.717) is 5.01 Å². The molecular weight excluding hydrogens is 232 g/mol. The number of hydrogen-bond acceptors (Lipinski definition) is 5. The van der Waals surface area contributed by atoms with Crippen LogP contribution in [0.4, 0.5) is 0 Å². The summed E-state index contributed by atoms with van der Waals surface area (Å²) in [6.45, 7) is 0. The Labute approximate surface area is 91.5 Å². The normalized spacial score (nSPS) is 11.5. The molecule has 1 heterocycles. The first-order valence-corrected chi connectivity index (χ1v) is 6.87. The highest BCUT2D eigenvalue weighted by Gasteiger charge is 2.14. The van der Waals surface area contributed by atoms with Gasteiger partial charge in [0.1, 0.15) is 5.01 Å². The van der Waals surface area contributed by atoms with Gasteiger partial charge in [0.25, 0.3) is 0 Å². The molecule has 0 saturated carbocycles. The summed E-state index contributed by atoms with van der Waals surface area (Å²) in [6, 6.07) is 9.37. The molecule has 6 heteroatoms. The van der Waals surface area contributed by atoms with Crippen LogP contribution in [-0.4, -0.2) is 24.9 Å². The van der Waals surface area contributed by atoms with Gasteiger partial charge >= 0.3 is 0 Å². The smallest absolute Gasteiger partial charge is 0.221 e. The van der Waals surface area contributed by atoms with Crippen molar-refractivity contribution in [2.24, 2.45) is 0 Å². The Morgan fingerprint density at radius 1 is 1.13 bits per heavy atom. The van der Waals surface area contributed by atoms with Crippen LogP contribution in [0.5, 0.6) is 0 Å². The second-order valence-corrected chi connectivity index (χ2v) is 6.18. The van der Waals surface area contributed by atoms with Gasteiger partial charge in [-0.3, -0.25) is 0 Å². The van der Waals surface area contributed by atoms with E-state index in [2.05, 4.69) is 10.2 Å². The minimum Gasteiger partial charge on any atom is -0.221 e. The molecule has 0 bridgehead atoms. The molecule has 4 nitrogen and oxygen atoms in total. The van der Waals surface area contributed by atoms with E-state index in [4.69, 9.17) is 0 Å². The molecule has 2 rings (SSSR count). The van der Waals surface area contributed by atoms with Gasteiger partial charge in [-0.15, -0.1) is 10.2 Å². The van der Waals surface area contributed by atoms with E-state index in [1.807, 2.05) is 30.3 Å². The van der Waals surface area contributed by atoms with Crippen molar-refractivity contribution in [2.45, 2.75) is 4.34 Å². The third-order valence-corrected chi connectivity index (χ3v) is 4.39. The Hall–Kier alpha value is -1.27. The fraction of sp³-hybridized carbons (Fsp3) is 0.111. The first kappa shape index (κ1) is 10.3. The van der Waals surface area contributed by atoms with Crippen LogP contribution in [0.15, 0.2) is 34.7 Å². The Bertz CT molecular complexity index is 561. The fourth-order valence-electron chi connectivity index (χ4n) is 1.06. The van der Waals surface area contributed by atoms with Crippen LogP contribution in [0.3, 0.4) is 0 Å². The zero-order chi connectivity index (χ0) is 10.9. The maximum absolute atomic E-state index is 11.2. The standard InChI is InChI=1S/C9H8N2O2S2/c1-15(12,13)9-11-10-8(14-9)7-5-3-2-4-6-7/h2-6H,1H3. The Morgan fingerprint density at radius 2 is 1.80 bits per heavy atom. The zero-order valence-corrected chi connectivity index (χ0v) is 9.55. The van der Waals surface area contributed by atoms with E-state index in [1.165, 1.54) is 0 Å². The highest BCUT2D eigenvalue weighted by Crippen LogP contribution is 2.25. The predicted octanol–water partition coefficient (Wildman–Crippen LogP) is 1.61. The van der Waals surface area contributed by atoms with Crippen molar-refractivity contribution in [3.8, 4) is 10.6 Å². The van der Waals surface area contributed by atoms with Crippen LogP contribution in [-0.2, 0) is 9.84 Å². The van der Waals surface area contributed by atoms with Gasteiger partial charge < -0.3 is 0 Å². The fourth-order valence-corrected chi connectivity index (χ4v) is 2.67. The molecule has 0 aliphatic heterocycles. The molecule has 0 aliphatic carbocycles. The van der Waals surface area contributed by atoms with Crippen molar-refractivity contribution in [1.29, 1.82) is 0 Å². The summed E-state index contributed by atoms with van der Waals surface area (Å²) in [7, 11) is -3.25. The minimum atomic E-state index is -3.25. The third-order valence-electron chi connectivity index (χ3n) is 1.74. The molecule has 2 aromatic rings. The minimum absolute atomic E-state index is 0.0568. The van der Waals surface area contributed by atoms with E-state index >= 15 is 0 Å². The first-order valence-electron chi connectivity index (χ1n) is 4.16. The van der Waals surface area contributed by atoms with Gasteiger partial charge in [0.2, 0.25) is 14.2 Å². The maximum Gasteiger partial charge on any atom is 0.232 e. The predicted molar refractivity (Wildman–Crippen MR) is 58.5 cm³/mol. The lowest BCUT2D eigenvalue weighted by Gasteiger charge is -1.91. The largest absolute Gasteiger partial charge is 0.232 e. The molecule has 1 aromatic heterocycles. The van der Waals surface area contributed by atoms with Crippen LogP contribution in [0.1, 0.15) is 0 Å². The maximum atomic E-state index is 11.2. The van der Waals surface area contributed by atoms with Crippen molar-refractivity contribution in [3.63, 3.8) is 0 Å². The zero-order valence-electron chi connectivity index (χ0n) is 7.91. The van der Waals surface area contributed by atoms with Gasteiger partial charge in [-0.25, -0.2) is 8.42 Å². The molecule has 0 amide bonds. The van der Waals surface area contributed by atoms with Crippen molar-refractivity contribution in [2.75, 3.05) is 6.26 Å². The number of aromatic nitrogens is 2. The summed E-state index contributed by atoms with van der Waals surface area (Å²) < 4.78 is 22.4. The summed E-state index contributed by atoms with van der Waals surface area (Å²) in [5.74, 6) is 0. The SMILES string of the molecule is CS(=O)(=O)c1nnc(-c2ccccc2)s1. The average Bonchev–Trinajstić information content (AvgIpc) is 2.67. The van der Waals surface area contributed by atoms with Crippen molar-refractivity contribution in [3.05, 3.63) is 30.3 Å². The summed E-state index contributed by atoms with van der Waals surface area (Å²) >= 11 is 1.08. The lowest BCUT2D eigenvalue weighted by atomic mass is 10.2. The Balaban J connectivity index is 2.46. The van der Waals surface area contributed by atoms with Crippen molar-refractivity contribution in [1.82, 2.24) is 10.2 Å². The van der Waals surface area contributed by atoms with Crippen LogP contribution >= 0.6 is 11.3 Å². The molecule has 78 valence electrons. The van der Waals surface area contributed by atoms with E-state index < -0.39 is 9.84 Å². The molecule has 0 unspecified atom stereocenters. The van der Waals surface area contributed by atoms with Gasteiger partial charge in [-0.2, -0.15) is 0 Å². The lowest BCUT2D eigenvalue weighted by molar-refractivity contribution is 0.600. The molecule has 1 aromatic carbocycles. The van der Waals surface area contributed by atoms with Crippen molar-refractivity contribution < 1.29 is 8.42 Å². The van der Waals surface area contributed by atoms with E-state index in [0.717, 1.165) is 23.2 Å². The monoisotopic (exact) mass is 240 g/mol.